The van der Waals surface area contributed by atoms with E-state index in [1.54, 1.807) is 0 Å². The fourth-order valence-electron chi connectivity index (χ4n) is 4.09. The van der Waals surface area contributed by atoms with Gasteiger partial charge in [0.25, 0.3) is 0 Å². The van der Waals surface area contributed by atoms with Crippen LogP contribution in [0.5, 0.6) is 0 Å². The van der Waals surface area contributed by atoms with Crippen molar-refractivity contribution in [3.05, 3.63) is 83.0 Å². The Kier molecular flexibility index (Phi) is 5.77. The van der Waals surface area contributed by atoms with Crippen molar-refractivity contribution in [2.45, 2.75) is 39.0 Å². The SMILES string of the molecule is Cc1ccc2c(c1)cc(N)c1nccc(CCc3ccc(CCCCO)cc3)c12. The molecule has 1 aromatic heterocycles. The molecule has 1 heterocycles. The molecule has 29 heavy (non-hydrogen) atoms. The van der Waals surface area contributed by atoms with Gasteiger partial charge in [-0.15, -0.1) is 0 Å². The predicted octanol–water partition coefficient (Wildman–Crippen LogP) is 5.38. The Morgan fingerprint density at radius 3 is 2.38 bits per heavy atom. The lowest BCUT2D eigenvalue weighted by Gasteiger charge is -2.12. The zero-order chi connectivity index (χ0) is 20.2. The maximum atomic E-state index is 8.93. The summed E-state index contributed by atoms with van der Waals surface area (Å²) in [5, 5.41) is 12.5. The number of fused-ring (bicyclic) bond motifs is 3. The number of hydrogen-bond acceptors (Lipinski definition) is 3. The molecule has 148 valence electrons. The van der Waals surface area contributed by atoms with E-state index in [4.69, 9.17) is 10.8 Å². The van der Waals surface area contributed by atoms with E-state index in [2.05, 4.69) is 60.4 Å². The molecule has 0 atom stereocenters. The summed E-state index contributed by atoms with van der Waals surface area (Å²) in [5.41, 5.74) is 13.2. The topological polar surface area (TPSA) is 59.1 Å². The first-order valence-electron chi connectivity index (χ1n) is 10.4. The van der Waals surface area contributed by atoms with Crippen LogP contribution in [-0.2, 0) is 19.3 Å². The molecule has 4 rings (SSSR count). The standard InChI is InChI=1S/C26H28N2O/c1-18-5-12-23-22(16-18)17-24(27)26-25(23)21(13-14-28-26)11-10-20-8-6-19(7-9-20)4-2-3-15-29/h5-9,12-14,16-17,29H,2-4,10-11,15,27H2,1H3. The van der Waals surface area contributed by atoms with Gasteiger partial charge in [-0.25, -0.2) is 0 Å². The molecule has 0 bridgehead atoms. The molecule has 3 heteroatoms. The number of aromatic nitrogens is 1. The molecule has 0 aliphatic rings. The smallest absolute Gasteiger partial charge is 0.0940 e. The lowest BCUT2D eigenvalue weighted by Crippen LogP contribution is -1.98. The molecule has 4 aromatic rings. The Morgan fingerprint density at radius 1 is 0.862 bits per heavy atom. The molecule has 0 aliphatic carbocycles. The molecular formula is C26H28N2O. The van der Waals surface area contributed by atoms with Crippen molar-refractivity contribution >= 4 is 27.4 Å². The van der Waals surface area contributed by atoms with Gasteiger partial charge in [-0.1, -0.05) is 48.0 Å². The second-order valence-electron chi connectivity index (χ2n) is 7.88. The maximum Gasteiger partial charge on any atom is 0.0940 e. The number of unbranched alkanes of at least 4 members (excludes halogenated alkanes) is 1. The third-order valence-corrected chi connectivity index (χ3v) is 5.68. The molecular weight excluding hydrogens is 356 g/mol. The molecule has 3 nitrogen and oxygen atoms in total. The summed E-state index contributed by atoms with van der Waals surface area (Å²) in [4.78, 5) is 4.57. The van der Waals surface area contributed by atoms with Crippen LogP contribution in [0.2, 0.25) is 0 Å². The van der Waals surface area contributed by atoms with Crippen LogP contribution < -0.4 is 5.73 Å². The van der Waals surface area contributed by atoms with E-state index < -0.39 is 0 Å². The van der Waals surface area contributed by atoms with Crippen LogP contribution in [0.25, 0.3) is 21.7 Å². The van der Waals surface area contributed by atoms with Gasteiger partial charge in [0, 0.05) is 18.2 Å². The maximum absolute atomic E-state index is 8.93. The number of nitrogens with two attached hydrogens (primary N) is 1. The highest BCUT2D eigenvalue weighted by atomic mass is 16.2. The van der Waals surface area contributed by atoms with Crippen LogP contribution >= 0.6 is 0 Å². The normalized spacial score (nSPS) is 11.4. The van der Waals surface area contributed by atoms with Crippen molar-refractivity contribution in [1.82, 2.24) is 4.98 Å². The number of aryl methyl sites for hydroxylation is 4. The Bertz CT molecular complexity index is 1130. The summed E-state index contributed by atoms with van der Waals surface area (Å²) in [6.45, 7) is 2.38. The van der Waals surface area contributed by atoms with E-state index >= 15 is 0 Å². The Hall–Kier alpha value is -2.91. The van der Waals surface area contributed by atoms with Gasteiger partial charge in [0.15, 0.2) is 0 Å². The first-order valence-corrected chi connectivity index (χ1v) is 10.4. The fraction of sp³-hybridized carbons (Fsp3) is 0.269. The first kappa shape index (κ1) is 19.4. The second-order valence-corrected chi connectivity index (χ2v) is 7.88. The quantitative estimate of drug-likeness (QED) is 0.255. The number of nitrogens with zero attached hydrogens (tertiary/aromatic N) is 1. The van der Waals surface area contributed by atoms with Crippen LogP contribution in [0, 0.1) is 6.92 Å². The van der Waals surface area contributed by atoms with Crippen molar-refractivity contribution in [1.29, 1.82) is 0 Å². The fourth-order valence-corrected chi connectivity index (χ4v) is 4.09. The van der Waals surface area contributed by atoms with Crippen LogP contribution in [0.4, 0.5) is 5.69 Å². The lowest BCUT2D eigenvalue weighted by atomic mass is 9.95. The molecule has 0 unspecified atom stereocenters. The summed E-state index contributed by atoms with van der Waals surface area (Å²) in [7, 11) is 0. The van der Waals surface area contributed by atoms with Crippen molar-refractivity contribution in [3.63, 3.8) is 0 Å². The van der Waals surface area contributed by atoms with Crippen molar-refractivity contribution < 1.29 is 5.11 Å². The van der Waals surface area contributed by atoms with E-state index in [0.717, 1.165) is 43.3 Å². The number of anilines is 1. The van der Waals surface area contributed by atoms with Gasteiger partial charge in [0.2, 0.25) is 0 Å². The summed E-state index contributed by atoms with van der Waals surface area (Å²) < 4.78 is 0. The van der Waals surface area contributed by atoms with Crippen molar-refractivity contribution in [2.24, 2.45) is 0 Å². The highest BCUT2D eigenvalue weighted by molar-refractivity contribution is 6.12. The minimum Gasteiger partial charge on any atom is -0.397 e. The van der Waals surface area contributed by atoms with Crippen molar-refractivity contribution in [2.75, 3.05) is 12.3 Å². The predicted molar refractivity (Wildman–Crippen MR) is 122 cm³/mol. The van der Waals surface area contributed by atoms with Gasteiger partial charge in [-0.2, -0.15) is 0 Å². The summed E-state index contributed by atoms with van der Waals surface area (Å²) in [6, 6.07) is 19.6. The average molecular weight is 385 g/mol. The Balaban J connectivity index is 1.60. The van der Waals surface area contributed by atoms with Gasteiger partial charge in [-0.3, -0.25) is 4.98 Å². The number of benzene rings is 3. The van der Waals surface area contributed by atoms with Crippen molar-refractivity contribution in [3.8, 4) is 0 Å². The monoisotopic (exact) mass is 384 g/mol. The average Bonchev–Trinajstić information content (AvgIpc) is 2.73. The molecule has 0 saturated carbocycles. The first-order chi connectivity index (χ1) is 14.2. The zero-order valence-corrected chi connectivity index (χ0v) is 17.0. The highest BCUT2D eigenvalue weighted by Crippen LogP contribution is 2.32. The van der Waals surface area contributed by atoms with E-state index in [1.807, 2.05) is 12.3 Å². The number of aliphatic hydroxyl groups is 1. The molecule has 3 N–H and O–H groups in total. The molecule has 0 radical (unpaired) electrons. The largest absolute Gasteiger partial charge is 0.397 e. The number of rotatable bonds is 7. The minimum atomic E-state index is 0.275. The van der Waals surface area contributed by atoms with E-state index in [9.17, 15) is 0 Å². The molecule has 0 fully saturated rings. The van der Waals surface area contributed by atoms with Crippen LogP contribution in [0.3, 0.4) is 0 Å². The highest BCUT2D eigenvalue weighted by Gasteiger charge is 2.10. The molecule has 0 aliphatic heterocycles. The Labute approximate surface area is 172 Å². The summed E-state index contributed by atoms with van der Waals surface area (Å²) in [6.07, 6.45) is 6.74. The number of nitrogen functional groups attached to an aromatic ring is 1. The van der Waals surface area contributed by atoms with E-state index in [-0.39, 0.29) is 6.61 Å². The van der Waals surface area contributed by atoms with Gasteiger partial charge in [-0.05, 0) is 78.6 Å². The Morgan fingerprint density at radius 2 is 1.62 bits per heavy atom. The second kappa shape index (κ2) is 8.62. The van der Waals surface area contributed by atoms with Crippen LogP contribution in [0.15, 0.2) is 60.8 Å². The van der Waals surface area contributed by atoms with E-state index in [0.29, 0.717) is 0 Å². The van der Waals surface area contributed by atoms with Gasteiger partial charge >= 0.3 is 0 Å². The van der Waals surface area contributed by atoms with Gasteiger partial charge < -0.3 is 10.8 Å². The molecule has 0 amide bonds. The number of hydrogen-bond donors (Lipinski definition) is 2. The van der Waals surface area contributed by atoms with E-state index in [1.165, 1.54) is 38.4 Å². The van der Waals surface area contributed by atoms with Crippen LogP contribution in [0.1, 0.15) is 35.1 Å². The molecule has 3 aromatic carbocycles. The zero-order valence-electron chi connectivity index (χ0n) is 17.0. The summed E-state index contributed by atoms with van der Waals surface area (Å²) in [5.74, 6) is 0. The number of aliphatic hydroxyl groups excluding tert-OH is 1. The lowest BCUT2D eigenvalue weighted by molar-refractivity contribution is 0.284. The summed E-state index contributed by atoms with van der Waals surface area (Å²) >= 11 is 0. The third kappa shape index (κ3) is 4.25. The van der Waals surface area contributed by atoms with Gasteiger partial charge in [0.1, 0.15) is 0 Å². The number of pyridine rings is 1. The van der Waals surface area contributed by atoms with Gasteiger partial charge in [0.05, 0.1) is 11.2 Å². The molecule has 0 saturated heterocycles. The third-order valence-electron chi connectivity index (χ3n) is 5.68. The molecule has 0 spiro atoms. The van der Waals surface area contributed by atoms with Crippen LogP contribution in [-0.4, -0.2) is 16.7 Å². The minimum absolute atomic E-state index is 0.275.